The lowest BCUT2D eigenvalue weighted by Gasteiger charge is -2.26. The van der Waals surface area contributed by atoms with E-state index < -0.39 is 0 Å². The second-order valence-corrected chi connectivity index (χ2v) is 4.26. The summed E-state index contributed by atoms with van der Waals surface area (Å²) in [6.07, 6.45) is 0. The van der Waals surface area contributed by atoms with Gasteiger partial charge in [0, 0.05) is 18.0 Å². The van der Waals surface area contributed by atoms with Gasteiger partial charge in [-0.15, -0.1) is 0 Å². The molecule has 1 aliphatic rings. The third-order valence-electron chi connectivity index (χ3n) is 3.25. The summed E-state index contributed by atoms with van der Waals surface area (Å²) in [5, 5.41) is 2.95. The average Bonchev–Trinajstić information content (AvgIpc) is 2.41. The predicted octanol–water partition coefficient (Wildman–Crippen LogP) is 2.56. The van der Waals surface area contributed by atoms with E-state index in [1.165, 1.54) is 5.56 Å². The van der Waals surface area contributed by atoms with E-state index in [4.69, 9.17) is 0 Å². The quantitative estimate of drug-likeness (QED) is 0.791. The van der Waals surface area contributed by atoms with Gasteiger partial charge < -0.3 is 5.32 Å². The van der Waals surface area contributed by atoms with E-state index >= 15 is 0 Å². The van der Waals surface area contributed by atoms with Gasteiger partial charge in [0.15, 0.2) is 0 Å². The van der Waals surface area contributed by atoms with Crippen LogP contribution in [-0.2, 0) is 0 Å². The fourth-order valence-electron chi connectivity index (χ4n) is 2.39. The Morgan fingerprint density at radius 3 is 2.47 bits per heavy atom. The first-order valence-corrected chi connectivity index (χ1v) is 5.78. The molecule has 1 heterocycles. The van der Waals surface area contributed by atoms with Crippen LogP contribution in [0.1, 0.15) is 27.4 Å². The van der Waals surface area contributed by atoms with Crippen LogP contribution in [0.2, 0.25) is 0 Å². The molecule has 1 aliphatic heterocycles. The van der Waals surface area contributed by atoms with Crippen molar-refractivity contribution in [1.82, 2.24) is 5.32 Å². The molecule has 0 bridgehead atoms. The highest BCUT2D eigenvalue weighted by atomic mass is 16.1. The number of nitrogens with one attached hydrogen (secondary N) is 1. The third kappa shape index (κ3) is 1.72. The maximum Gasteiger partial charge on any atom is 0.251 e. The van der Waals surface area contributed by atoms with E-state index in [-0.39, 0.29) is 11.8 Å². The summed E-state index contributed by atoms with van der Waals surface area (Å²) in [5.74, 6) is 0.304. The average molecular weight is 223 g/mol. The Balaban J connectivity index is 2.10. The number of fused-ring (bicyclic) bond motifs is 1. The Bertz CT molecular complexity index is 548. The summed E-state index contributed by atoms with van der Waals surface area (Å²) in [6.45, 7) is 0.680. The SMILES string of the molecule is O=C1NCC(c2ccccc2)c2ccccc21. The number of benzene rings is 2. The van der Waals surface area contributed by atoms with Crippen molar-refractivity contribution in [3.63, 3.8) is 0 Å². The second kappa shape index (κ2) is 4.06. The van der Waals surface area contributed by atoms with Crippen LogP contribution in [0.15, 0.2) is 54.6 Å². The van der Waals surface area contributed by atoms with Crippen LogP contribution in [0.4, 0.5) is 0 Å². The molecule has 0 fully saturated rings. The smallest absolute Gasteiger partial charge is 0.251 e. The standard InChI is InChI=1S/C15H13NO/c17-15-13-9-5-4-8-12(13)14(10-16-15)11-6-2-1-3-7-11/h1-9,14H,10H2,(H,16,17). The molecule has 0 aliphatic carbocycles. The zero-order valence-corrected chi connectivity index (χ0v) is 9.39. The molecule has 0 spiro atoms. The highest BCUT2D eigenvalue weighted by molar-refractivity contribution is 5.97. The van der Waals surface area contributed by atoms with Crippen LogP contribution in [0.3, 0.4) is 0 Å². The minimum absolute atomic E-state index is 0.0350. The minimum atomic E-state index is 0.0350. The summed E-state index contributed by atoms with van der Waals surface area (Å²) in [5.41, 5.74) is 3.18. The maximum atomic E-state index is 11.8. The largest absolute Gasteiger partial charge is 0.351 e. The van der Waals surface area contributed by atoms with Crippen molar-refractivity contribution in [2.75, 3.05) is 6.54 Å². The van der Waals surface area contributed by atoms with Crippen LogP contribution in [0, 0.1) is 0 Å². The molecule has 2 nitrogen and oxygen atoms in total. The van der Waals surface area contributed by atoms with Gasteiger partial charge in [-0.25, -0.2) is 0 Å². The fraction of sp³-hybridized carbons (Fsp3) is 0.133. The summed E-state index contributed by atoms with van der Waals surface area (Å²) >= 11 is 0. The molecule has 2 aromatic rings. The third-order valence-corrected chi connectivity index (χ3v) is 3.25. The molecule has 0 saturated carbocycles. The molecule has 2 aromatic carbocycles. The predicted molar refractivity (Wildman–Crippen MR) is 67.1 cm³/mol. The summed E-state index contributed by atoms with van der Waals surface area (Å²) in [6, 6.07) is 18.1. The van der Waals surface area contributed by atoms with Crippen molar-refractivity contribution in [3.8, 4) is 0 Å². The molecule has 1 unspecified atom stereocenters. The normalized spacial score (nSPS) is 18.4. The molecule has 0 radical (unpaired) electrons. The lowest BCUT2D eigenvalue weighted by Crippen LogP contribution is -2.35. The lowest BCUT2D eigenvalue weighted by molar-refractivity contribution is 0.0943. The molecule has 3 rings (SSSR count). The zero-order valence-electron chi connectivity index (χ0n) is 9.39. The first-order chi connectivity index (χ1) is 8.36. The van der Waals surface area contributed by atoms with Gasteiger partial charge in [0.1, 0.15) is 0 Å². The molecule has 0 aromatic heterocycles. The first kappa shape index (κ1) is 10.1. The van der Waals surface area contributed by atoms with E-state index in [0.717, 1.165) is 11.1 Å². The fourth-order valence-corrected chi connectivity index (χ4v) is 2.39. The molecule has 1 amide bonds. The van der Waals surface area contributed by atoms with Crippen LogP contribution >= 0.6 is 0 Å². The van der Waals surface area contributed by atoms with Crippen molar-refractivity contribution in [1.29, 1.82) is 0 Å². The number of rotatable bonds is 1. The monoisotopic (exact) mass is 223 g/mol. The summed E-state index contributed by atoms with van der Waals surface area (Å²) < 4.78 is 0. The minimum Gasteiger partial charge on any atom is -0.351 e. The van der Waals surface area contributed by atoms with E-state index in [2.05, 4.69) is 17.4 Å². The van der Waals surface area contributed by atoms with Gasteiger partial charge >= 0.3 is 0 Å². The topological polar surface area (TPSA) is 29.1 Å². The van der Waals surface area contributed by atoms with Gasteiger partial charge in [-0.3, -0.25) is 4.79 Å². The maximum absolute atomic E-state index is 11.8. The molecule has 0 saturated heterocycles. The Labute approximate surface area is 100 Å². The lowest BCUT2D eigenvalue weighted by atomic mass is 9.85. The van der Waals surface area contributed by atoms with E-state index in [1.807, 2.05) is 42.5 Å². The van der Waals surface area contributed by atoms with Crippen LogP contribution in [0.5, 0.6) is 0 Å². The van der Waals surface area contributed by atoms with Gasteiger partial charge in [-0.05, 0) is 17.2 Å². The van der Waals surface area contributed by atoms with Crippen molar-refractivity contribution in [3.05, 3.63) is 71.3 Å². The molecule has 1 N–H and O–H groups in total. The molecule has 1 atom stereocenters. The first-order valence-electron chi connectivity index (χ1n) is 5.78. The van der Waals surface area contributed by atoms with Crippen molar-refractivity contribution < 1.29 is 4.79 Å². The van der Waals surface area contributed by atoms with Crippen molar-refractivity contribution in [2.24, 2.45) is 0 Å². The molecule has 2 heteroatoms. The van der Waals surface area contributed by atoms with Crippen molar-refractivity contribution >= 4 is 5.91 Å². The number of carbonyl (C=O) groups is 1. The van der Waals surface area contributed by atoms with Gasteiger partial charge in [-0.1, -0.05) is 48.5 Å². The highest BCUT2D eigenvalue weighted by Crippen LogP contribution is 2.29. The molecule has 84 valence electrons. The second-order valence-electron chi connectivity index (χ2n) is 4.26. The van der Waals surface area contributed by atoms with Gasteiger partial charge in [0.25, 0.3) is 5.91 Å². The highest BCUT2D eigenvalue weighted by Gasteiger charge is 2.25. The van der Waals surface area contributed by atoms with Gasteiger partial charge in [0.2, 0.25) is 0 Å². The van der Waals surface area contributed by atoms with Crippen LogP contribution < -0.4 is 5.32 Å². The Hall–Kier alpha value is -2.09. The van der Waals surface area contributed by atoms with Crippen LogP contribution in [-0.4, -0.2) is 12.5 Å². The van der Waals surface area contributed by atoms with Gasteiger partial charge in [-0.2, -0.15) is 0 Å². The van der Waals surface area contributed by atoms with E-state index in [1.54, 1.807) is 0 Å². The van der Waals surface area contributed by atoms with Gasteiger partial charge in [0.05, 0.1) is 0 Å². The summed E-state index contributed by atoms with van der Waals surface area (Å²) in [7, 11) is 0. The van der Waals surface area contributed by atoms with Crippen molar-refractivity contribution in [2.45, 2.75) is 5.92 Å². The number of hydrogen-bond donors (Lipinski definition) is 1. The van der Waals surface area contributed by atoms with E-state index in [0.29, 0.717) is 6.54 Å². The Morgan fingerprint density at radius 2 is 1.65 bits per heavy atom. The summed E-state index contributed by atoms with van der Waals surface area (Å²) in [4.78, 5) is 11.8. The number of carbonyl (C=O) groups excluding carboxylic acids is 1. The number of hydrogen-bond acceptors (Lipinski definition) is 1. The molecule has 17 heavy (non-hydrogen) atoms. The molecular weight excluding hydrogens is 210 g/mol. The Morgan fingerprint density at radius 1 is 0.941 bits per heavy atom. The van der Waals surface area contributed by atoms with E-state index in [9.17, 15) is 4.79 Å². The van der Waals surface area contributed by atoms with Crippen LogP contribution in [0.25, 0.3) is 0 Å². The zero-order chi connectivity index (χ0) is 11.7. The molecular formula is C15H13NO. The number of amides is 1. The Kier molecular flexibility index (Phi) is 2.41.